The van der Waals surface area contributed by atoms with E-state index in [0.29, 0.717) is 21.4 Å². The van der Waals surface area contributed by atoms with Gasteiger partial charge in [-0.3, -0.25) is 9.78 Å². The summed E-state index contributed by atoms with van der Waals surface area (Å²) < 4.78 is 5.51. The Kier molecular flexibility index (Phi) is 3.01. The van der Waals surface area contributed by atoms with Gasteiger partial charge in [-0.1, -0.05) is 23.2 Å². The Labute approximate surface area is 119 Å². The third kappa shape index (κ3) is 2.11. The number of halogens is 2. The number of rotatable bonds is 1. The summed E-state index contributed by atoms with van der Waals surface area (Å²) in [6, 6.07) is 6.73. The lowest BCUT2D eigenvalue weighted by atomic mass is 10.1. The Morgan fingerprint density at radius 2 is 1.74 bits per heavy atom. The van der Waals surface area contributed by atoms with Gasteiger partial charge in [-0.2, -0.15) is 0 Å². The van der Waals surface area contributed by atoms with Crippen LogP contribution >= 0.6 is 23.2 Å². The van der Waals surface area contributed by atoms with Gasteiger partial charge in [0.1, 0.15) is 0 Å². The van der Waals surface area contributed by atoms with E-state index in [4.69, 9.17) is 27.9 Å². The number of ether oxygens (including phenoxy) is 1. The van der Waals surface area contributed by atoms with Crippen LogP contribution in [-0.4, -0.2) is 10.8 Å². The van der Waals surface area contributed by atoms with Crippen LogP contribution in [0.1, 0.15) is 15.9 Å². The molecule has 2 heterocycles. The smallest absolute Gasteiger partial charge is 0.233 e. The molecule has 94 valence electrons. The van der Waals surface area contributed by atoms with E-state index < -0.39 is 0 Å². The highest BCUT2D eigenvalue weighted by Gasteiger charge is 2.31. The fourth-order valence-electron chi connectivity index (χ4n) is 1.83. The number of carbonyl (C=O) groups is 1. The number of pyridine rings is 1. The summed E-state index contributed by atoms with van der Waals surface area (Å²) >= 11 is 12.0. The fraction of sp³-hybridized carbons (Fsp3) is 0. The van der Waals surface area contributed by atoms with Crippen molar-refractivity contribution in [2.75, 3.05) is 0 Å². The van der Waals surface area contributed by atoms with Gasteiger partial charge in [0.25, 0.3) is 0 Å². The molecule has 2 aromatic rings. The first-order chi connectivity index (χ1) is 9.16. The molecule has 1 aliphatic heterocycles. The number of hydrogen-bond acceptors (Lipinski definition) is 3. The first kappa shape index (κ1) is 12.2. The number of hydrogen-bond donors (Lipinski definition) is 0. The van der Waals surface area contributed by atoms with Crippen LogP contribution in [0.15, 0.2) is 42.4 Å². The van der Waals surface area contributed by atoms with Gasteiger partial charge in [0, 0.05) is 12.4 Å². The molecule has 0 fully saturated rings. The molecule has 3 rings (SSSR count). The Hall–Kier alpha value is -1.84. The van der Waals surface area contributed by atoms with E-state index in [1.807, 2.05) is 0 Å². The normalized spacial score (nSPS) is 15.5. The van der Waals surface area contributed by atoms with Crippen LogP contribution in [0.2, 0.25) is 10.0 Å². The van der Waals surface area contributed by atoms with Gasteiger partial charge in [0.2, 0.25) is 5.78 Å². The molecular formula is C14H7Cl2NO2. The maximum absolute atomic E-state index is 12.2. The number of Topliss-reactive ketones (excluding diaryl/α,β-unsaturated/α-hetero) is 1. The van der Waals surface area contributed by atoms with Crippen molar-refractivity contribution in [1.29, 1.82) is 0 Å². The summed E-state index contributed by atoms with van der Waals surface area (Å²) in [5.74, 6) is 0.259. The fourth-order valence-corrected chi connectivity index (χ4v) is 2.26. The molecule has 5 heteroatoms. The van der Waals surface area contributed by atoms with Crippen LogP contribution in [0.3, 0.4) is 0 Å². The largest absolute Gasteiger partial charge is 0.451 e. The number of aromatic nitrogens is 1. The molecule has 0 aliphatic carbocycles. The number of fused-ring (bicyclic) bond motifs is 1. The first-order valence-electron chi connectivity index (χ1n) is 5.49. The van der Waals surface area contributed by atoms with Gasteiger partial charge < -0.3 is 4.74 Å². The van der Waals surface area contributed by atoms with Gasteiger partial charge in [-0.05, 0) is 35.9 Å². The number of nitrogens with zero attached hydrogens (tertiary/aromatic N) is 1. The van der Waals surface area contributed by atoms with Gasteiger partial charge in [0.15, 0.2) is 11.5 Å². The summed E-state index contributed by atoms with van der Waals surface area (Å²) in [5.41, 5.74) is 1.13. The molecule has 0 unspecified atom stereocenters. The molecule has 0 saturated carbocycles. The van der Waals surface area contributed by atoms with Gasteiger partial charge in [-0.15, -0.1) is 0 Å². The molecule has 3 nitrogen and oxygen atoms in total. The average Bonchev–Trinajstić information content (AvgIpc) is 2.74. The lowest BCUT2D eigenvalue weighted by Gasteiger charge is -2.01. The summed E-state index contributed by atoms with van der Waals surface area (Å²) in [5, 5.41) is 0.702. The Morgan fingerprint density at radius 1 is 1.05 bits per heavy atom. The predicted molar refractivity (Wildman–Crippen MR) is 73.6 cm³/mol. The number of allylic oxidation sites excluding steroid dienone is 1. The molecule has 0 amide bonds. The van der Waals surface area contributed by atoms with E-state index in [9.17, 15) is 4.79 Å². The van der Waals surface area contributed by atoms with Crippen LogP contribution < -0.4 is 4.74 Å². The van der Waals surface area contributed by atoms with Gasteiger partial charge in [-0.25, -0.2) is 0 Å². The minimum atomic E-state index is -0.265. The van der Waals surface area contributed by atoms with Gasteiger partial charge in [0.05, 0.1) is 15.6 Å². The SMILES string of the molecule is O=C1/C(=C/c2ccncc2)Oc2c(Cl)ccc(Cl)c21. The Balaban J connectivity index is 2.07. The monoisotopic (exact) mass is 291 g/mol. The minimum absolute atomic E-state index is 0.205. The van der Waals surface area contributed by atoms with Crippen molar-refractivity contribution in [2.24, 2.45) is 0 Å². The molecule has 0 bridgehead atoms. The van der Waals surface area contributed by atoms with Crippen LogP contribution in [0.4, 0.5) is 0 Å². The van der Waals surface area contributed by atoms with E-state index in [2.05, 4.69) is 4.98 Å². The summed E-state index contributed by atoms with van der Waals surface area (Å²) in [4.78, 5) is 16.1. The van der Waals surface area contributed by atoms with E-state index in [-0.39, 0.29) is 11.5 Å². The van der Waals surface area contributed by atoms with Crippen molar-refractivity contribution >= 4 is 35.1 Å². The van der Waals surface area contributed by atoms with Crippen molar-refractivity contribution in [3.63, 3.8) is 0 Å². The van der Waals surface area contributed by atoms with E-state index in [1.54, 1.807) is 42.7 Å². The summed E-state index contributed by atoms with van der Waals surface area (Å²) in [7, 11) is 0. The summed E-state index contributed by atoms with van der Waals surface area (Å²) in [6.07, 6.45) is 4.91. The lowest BCUT2D eigenvalue weighted by molar-refractivity contribution is 0.101. The summed E-state index contributed by atoms with van der Waals surface area (Å²) in [6.45, 7) is 0. The van der Waals surface area contributed by atoms with E-state index >= 15 is 0 Å². The second kappa shape index (κ2) is 4.68. The third-order valence-corrected chi connectivity index (χ3v) is 3.34. The van der Waals surface area contributed by atoms with Gasteiger partial charge >= 0.3 is 0 Å². The number of carbonyl (C=O) groups excluding carboxylic acids is 1. The highest BCUT2D eigenvalue weighted by molar-refractivity contribution is 6.39. The van der Waals surface area contributed by atoms with Crippen molar-refractivity contribution in [3.05, 3.63) is 63.6 Å². The second-order valence-corrected chi connectivity index (χ2v) is 4.77. The van der Waals surface area contributed by atoms with Crippen molar-refractivity contribution < 1.29 is 9.53 Å². The third-order valence-electron chi connectivity index (χ3n) is 2.73. The highest BCUT2D eigenvalue weighted by Crippen LogP contribution is 2.41. The average molecular weight is 292 g/mol. The molecule has 1 aromatic heterocycles. The standard InChI is InChI=1S/C14H7Cl2NO2/c15-9-1-2-10(16)14-12(9)13(18)11(19-14)7-8-3-5-17-6-4-8/h1-7H/b11-7-. The van der Waals surface area contributed by atoms with Crippen molar-refractivity contribution in [2.45, 2.75) is 0 Å². The van der Waals surface area contributed by atoms with Crippen LogP contribution in [-0.2, 0) is 0 Å². The highest BCUT2D eigenvalue weighted by atomic mass is 35.5. The Morgan fingerprint density at radius 3 is 2.42 bits per heavy atom. The maximum Gasteiger partial charge on any atom is 0.233 e. The van der Waals surface area contributed by atoms with Crippen molar-refractivity contribution in [1.82, 2.24) is 4.98 Å². The van der Waals surface area contributed by atoms with E-state index in [1.165, 1.54) is 0 Å². The topological polar surface area (TPSA) is 39.2 Å². The zero-order valence-corrected chi connectivity index (χ0v) is 11.1. The second-order valence-electron chi connectivity index (χ2n) is 3.95. The molecule has 0 radical (unpaired) electrons. The van der Waals surface area contributed by atoms with Crippen LogP contribution in [0.25, 0.3) is 6.08 Å². The van der Waals surface area contributed by atoms with Crippen LogP contribution in [0, 0.1) is 0 Å². The maximum atomic E-state index is 12.2. The predicted octanol–water partition coefficient (Wildman–Crippen LogP) is 4.00. The zero-order chi connectivity index (χ0) is 13.4. The molecule has 0 spiro atoms. The van der Waals surface area contributed by atoms with E-state index in [0.717, 1.165) is 5.56 Å². The quantitative estimate of drug-likeness (QED) is 0.746. The molecule has 1 aliphatic rings. The Bertz CT molecular complexity index is 696. The molecule has 0 N–H and O–H groups in total. The number of ketones is 1. The van der Waals surface area contributed by atoms with Crippen LogP contribution in [0.5, 0.6) is 5.75 Å². The van der Waals surface area contributed by atoms with Crippen molar-refractivity contribution in [3.8, 4) is 5.75 Å². The zero-order valence-electron chi connectivity index (χ0n) is 9.56. The first-order valence-corrected chi connectivity index (χ1v) is 6.24. The minimum Gasteiger partial charge on any atom is -0.451 e. The molecule has 0 saturated heterocycles. The molecule has 0 atom stereocenters. The molecule has 19 heavy (non-hydrogen) atoms. The lowest BCUT2D eigenvalue weighted by Crippen LogP contribution is -1.98. The molecule has 1 aromatic carbocycles. The molecular weight excluding hydrogens is 285 g/mol. The number of benzene rings is 1.